The number of piperidine rings is 2. The quantitative estimate of drug-likeness (QED) is 0.732. The first-order chi connectivity index (χ1) is 13.6. The fraction of sp³-hybridized carbons (Fsp3) is 0.667. The van der Waals surface area contributed by atoms with E-state index in [1.165, 1.54) is 6.07 Å². The molecule has 0 radical (unpaired) electrons. The number of anilines is 1. The zero-order valence-electron chi connectivity index (χ0n) is 17.6. The molecule has 2 aliphatic heterocycles. The third kappa shape index (κ3) is 5.73. The third-order valence-electron chi connectivity index (χ3n) is 5.40. The first-order valence-corrected chi connectivity index (χ1v) is 10.3. The Hall–Kier alpha value is -2.06. The summed E-state index contributed by atoms with van der Waals surface area (Å²) >= 11 is 0. The Morgan fingerprint density at radius 2 is 1.97 bits per heavy atom. The Bertz CT molecular complexity index is 757. The normalized spacial score (nSPS) is 23.0. The summed E-state index contributed by atoms with van der Waals surface area (Å²) in [5.41, 5.74) is 0.725. The van der Waals surface area contributed by atoms with Crippen LogP contribution < -0.4 is 10.6 Å². The molecule has 2 amide bonds. The van der Waals surface area contributed by atoms with E-state index < -0.39 is 6.04 Å². The van der Waals surface area contributed by atoms with E-state index in [1.807, 2.05) is 20.8 Å². The van der Waals surface area contributed by atoms with Gasteiger partial charge in [0.1, 0.15) is 18.1 Å². The van der Waals surface area contributed by atoms with Crippen molar-refractivity contribution in [1.29, 1.82) is 0 Å². The molecule has 29 heavy (non-hydrogen) atoms. The number of amides is 2. The lowest BCUT2D eigenvalue weighted by Gasteiger charge is -2.38. The third-order valence-corrected chi connectivity index (χ3v) is 5.40. The minimum Gasteiger partial charge on any atom is -0.372 e. The molecule has 8 heteroatoms. The molecular weight excluding hydrogens is 375 g/mol. The molecule has 3 heterocycles. The summed E-state index contributed by atoms with van der Waals surface area (Å²) in [5, 5.41) is 5.26. The fourth-order valence-electron chi connectivity index (χ4n) is 3.98. The van der Waals surface area contributed by atoms with Gasteiger partial charge in [0.15, 0.2) is 0 Å². The van der Waals surface area contributed by atoms with E-state index in [0.29, 0.717) is 17.8 Å². The van der Waals surface area contributed by atoms with Gasteiger partial charge < -0.3 is 10.1 Å². The molecule has 0 bridgehead atoms. The highest BCUT2D eigenvalue weighted by Crippen LogP contribution is 2.31. The number of carbonyl (C=O) groups excluding carboxylic acids is 2. The fourth-order valence-corrected chi connectivity index (χ4v) is 3.98. The number of ether oxygens (including phenoxy) is 1. The van der Waals surface area contributed by atoms with Crippen LogP contribution in [0, 0.1) is 5.82 Å². The Morgan fingerprint density at radius 3 is 2.55 bits per heavy atom. The zero-order valence-corrected chi connectivity index (χ0v) is 17.6. The molecule has 2 fully saturated rings. The molecule has 0 aromatic carbocycles. The number of rotatable bonds is 5. The molecule has 0 spiro atoms. The number of hydrogen-bond donors (Lipinski definition) is 2. The molecule has 3 rings (SSSR count). The van der Waals surface area contributed by atoms with Gasteiger partial charge in [0.2, 0.25) is 11.8 Å². The van der Waals surface area contributed by atoms with E-state index in [4.69, 9.17) is 4.74 Å². The summed E-state index contributed by atoms with van der Waals surface area (Å²) in [5.74, 6) is -0.955. The summed E-state index contributed by atoms with van der Waals surface area (Å²) < 4.78 is 20.8. The summed E-state index contributed by atoms with van der Waals surface area (Å²) in [6, 6.07) is 0.844. The van der Waals surface area contributed by atoms with E-state index >= 15 is 0 Å². The summed E-state index contributed by atoms with van der Waals surface area (Å²) in [7, 11) is 0. The largest absolute Gasteiger partial charge is 0.372 e. The highest BCUT2D eigenvalue weighted by atomic mass is 19.1. The Morgan fingerprint density at radius 1 is 1.28 bits per heavy atom. The number of likely N-dealkylation sites (tertiary alicyclic amines) is 1. The molecule has 2 saturated heterocycles. The lowest BCUT2D eigenvalue weighted by molar-refractivity contribution is -0.133. The molecule has 2 atom stereocenters. The van der Waals surface area contributed by atoms with Crippen LogP contribution in [0.1, 0.15) is 65.0 Å². The van der Waals surface area contributed by atoms with Crippen molar-refractivity contribution in [3.63, 3.8) is 0 Å². The van der Waals surface area contributed by atoms with Crippen LogP contribution in [0.25, 0.3) is 0 Å². The molecule has 2 N–H and O–H groups in total. The second-order valence-corrected chi connectivity index (χ2v) is 8.88. The maximum atomic E-state index is 14.7. The summed E-state index contributed by atoms with van der Waals surface area (Å²) in [6.45, 7) is 9.85. The van der Waals surface area contributed by atoms with Crippen LogP contribution in [-0.4, -0.2) is 52.7 Å². The van der Waals surface area contributed by atoms with Crippen LogP contribution in [0.3, 0.4) is 0 Å². The SMILES string of the molecule is CC(OC(C)(C)C)N1CCC(c2ncc(NC3CCC(=O)NC3=O)cc2F)CC1. The van der Waals surface area contributed by atoms with Crippen LogP contribution >= 0.6 is 0 Å². The number of nitrogens with zero attached hydrogens (tertiary/aromatic N) is 2. The Kier molecular flexibility index (Phi) is 6.53. The zero-order chi connectivity index (χ0) is 21.2. The van der Waals surface area contributed by atoms with Crippen molar-refractivity contribution in [1.82, 2.24) is 15.2 Å². The van der Waals surface area contributed by atoms with Gasteiger partial charge in [-0.15, -0.1) is 0 Å². The standard InChI is InChI=1S/C21H31FN4O3/c1-13(29-21(2,3)4)26-9-7-14(8-10-26)19-16(22)11-15(12-23-19)24-17-5-6-18(27)25-20(17)28/h11-14,17,24H,5-10H2,1-4H3,(H,25,27,28). The van der Waals surface area contributed by atoms with Crippen LogP contribution in [0.15, 0.2) is 12.3 Å². The average Bonchev–Trinajstić information content (AvgIpc) is 2.63. The van der Waals surface area contributed by atoms with Crippen LogP contribution in [-0.2, 0) is 14.3 Å². The van der Waals surface area contributed by atoms with Gasteiger partial charge in [0, 0.05) is 31.5 Å². The second kappa shape index (κ2) is 8.75. The maximum Gasteiger partial charge on any atom is 0.249 e. The number of imide groups is 1. The van der Waals surface area contributed by atoms with Crippen LogP contribution in [0.2, 0.25) is 0 Å². The predicted molar refractivity (Wildman–Crippen MR) is 108 cm³/mol. The summed E-state index contributed by atoms with van der Waals surface area (Å²) in [6.07, 6.45) is 3.89. The molecule has 160 valence electrons. The number of aromatic nitrogens is 1. The minimum absolute atomic E-state index is 0.0221. The highest BCUT2D eigenvalue weighted by molar-refractivity contribution is 6.01. The van der Waals surface area contributed by atoms with Crippen LogP contribution in [0.4, 0.5) is 10.1 Å². The van der Waals surface area contributed by atoms with Gasteiger partial charge in [-0.05, 0) is 47.0 Å². The molecule has 0 aliphatic carbocycles. The highest BCUT2D eigenvalue weighted by Gasteiger charge is 2.29. The number of halogens is 1. The molecule has 1 aromatic rings. The monoisotopic (exact) mass is 406 g/mol. The van der Waals surface area contributed by atoms with Gasteiger partial charge in [-0.25, -0.2) is 4.39 Å². The van der Waals surface area contributed by atoms with Crippen LogP contribution in [0.5, 0.6) is 0 Å². The molecular formula is C21H31FN4O3. The van der Waals surface area contributed by atoms with E-state index in [2.05, 4.69) is 27.4 Å². The topological polar surface area (TPSA) is 83.6 Å². The van der Waals surface area contributed by atoms with Gasteiger partial charge in [-0.1, -0.05) is 0 Å². The van der Waals surface area contributed by atoms with E-state index in [1.54, 1.807) is 6.20 Å². The number of pyridine rings is 1. The number of carbonyl (C=O) groups is 2. The Labute approximate surface area is 171 Å². The van der Waals surface area contributed by atoms with E-state index in [9.17, 15) is 14.0 Å². The van der Waals surface area contributed by atoms with Gasteiger partial charge in [0.05, 0.1) is 23.2 Å². The number of nitrogens with one attached hydrogen (secondary N) is 2. The first kappa shape index (κ1) is 21.6. The van der Waals surface area contributed by atoms with Crippen molar-refractivity contribution in [3.05, 3.63) is 23.8 Å². The summed E-state index contributed by atoms with van der Waals surface area (Å²) in [4.78, 5) is 29.7. The average molecular weight is 407 g/mol. The van der Waals surface area contributed by atoms with E-state index in [0.717, 1.165) is 25.9 Å². The van der Waals surface area contributed by atoms with Crippen molar-refractivity contribution in [3.8, 4) is 0 Å². The lowest BCUT2D eigenvalue weighted by Crippen LogP contribution is -2.47. The lowest BCUT2D eigenvalue weighted by atomic mass is 9.92. The van der Waals surface area contributed by atoms with Crippen molar-refractivity contribution in [2.75, 3.05) is 18.4 Å². The van der Waals surface area contributed by atoms with Gasteiger partial charge >= 0.3 is 0 Å². The number of hydrogen-bond acceptors (Lipinski definition) is 6. The molecule has 2 aliphatic rings. The maximum absolute atomic E-state index is 14.7. The Balaban J connectivity index is 1.57. The van der Waals surface area contributed by atoms with Gasteiger partial charge in [0.25, 0.3) is 0 Å². The molecule has 1 aromatic heterocycles. The van der Waals surface area contributed by atoms with E-state index in [-0.39, 0.29) is 41.8 Å². The van der Waals surface area contributed by atoms with Crippen molar-refractivity contribution >= 4 is 17.5 Å². The first-order valence-electron chi connectivity index (χ1n) is 10.3. The second-order valence-electron chi connectivity index (χ2n) is 8.88. The molecule has 7 nitrogen and oxygen atoms in total. The van der Waals surface area contributed by atoms with Gasteiger partial charge in [-0.2, -0.15) is 0 Å². The van der Waals surface area contributed by atoms with Crippen molar-refractivity contribution in [2.24, 2.45) is 0 Å². The predicted octanol–water partition coefficient (Wildman–Crippen LogP) is 2.78. The van der Waals surface area contributed by atoms with Crippen molar-refractivity contribution < 1.29 is 18.7 Å². The van der Waals surface area contributed by atoms with Crippen molar-refractivity contribution in [2.45, 2.75) is 77.2 Å². The minimum atomic E-state index is -0.549. The molecule has 2 unspecified atom stereocenters. The van der Waals surface area contributed by atoms with Gasteiger partial charge in [-0.3, -0.25) is 24.8 Å². The smallest absolute Gasteiger partial charge is 0.249 e. The molecule has 0 saturated carbocycles.